The van der Waals surface area contributed by atoms with Crippen molar-refractivity contribution in [2.24, 2.45) is 5.73 Å². The second kappa shape index (κ2) is 6.51. The van der Waals surface area contributed by atoms with Crippen LogP contribution in [0.2, 0.25) is 0 Å². The molecule has 19 heavy (non-hydrogen) atoms. The van der Waals surface area contributed by atoms with E-state index in [1.54, 1.807) is 6.92 Å². The van der Waals surface area contributed by atoms with Crippen LogP contribution in [-0.2, 0) is 4.79 Å². The number of carbonyl (C=O) groups is 1. The predicted molar refractivity (Wildman–Crippen MR) is 62.2 cm³/mol. The number of amides is 1. The average molecular weight is 285 g/mol. The molecule has 8 heteroatoms. The van der Waals surface area contributed by atoms with Gasteiger partial charge in [-0.05, 0) is 6.92 Å². The highest BCUT2D eigenvalue weighted by molar-refractivity contribution is 5.76. The molecule has 1 heterocycles. The molecule has 4 nitrogen and oxygen atoms in total. The van der Waals surface area contributed by atoms with Gasteiger partial charge in [-0.3, -0.25) is 9.69 Å². The molecule has 0 aromatic rings. The van der Waals surface area contributed by atoms with Gasteiger partial charge in [-0.25, -0.2) is 8.78 Å². The summed E-state index contributed by atoms with van der Waals surface area (Å²) in [6, 6.07) is -0.256. The minimum Gasteiger partial charge on any atom is -0.340 e. The maximum absolute atomic E-state index is 12.9. The summed E-state index contributed by atoms with van der Waals surface area (Å²) in [6.45, 7) is 1.62. The normalized spacial score (nSPS) is 19.8. The number of nitrogens with zero attached hydrogens (tertiary/aromatic N) is 2. The van der Waals surface area contributed by atoms with E-state index in [-0.39, 0.29) is 44.5 Å². The summed E-state index contributed by atoms with van der Waals surface area (Å²) >= 11 is 0. The fourth-order valence-corrected chi connectivity index (χ4v) is 1.93. The molecule has 1 aliphatic heterocycles. The zero-order chi connectivity index (χ0) is 14.6. The van der Waals surface area contributed by atoms with Crippen molar-refractivity contribution in [3.8, 4) is 0 Å². The van der Waals surface area contributed by atoms with E-state index in [0.717, 1.165) is 0 Å². The first-order chi connectivity index (χ1) is 8.72. The first-order valence-electron chi connectivity index (χ1n) is 6.14. The van der Waals surface area contributed by atoms with Gasteiger partial charge < -0.3 is 10.6 Å². The Bertz CT molecular complexity index is 304. The first kappa shape index (κ1) is 16.2. The van der Waals surface area contributed by atoms with Gasteiger partial charge in [0.2, 0.25) is 5.91 Å². The quantitative estimate of drug-likeness (QED) is 0.759. The van der Waals surface area contributed by atoms with Crippen LogP contribution in [-0.4, -0.2) is 66.8 Å². The van der Waals surface area contributed by atoms with Crippen LogP contribution >= 0.6 is 0 Å². The monoisotopic (exact) mass is 285 g/mol. The predicted octanol–water partition coefficient (Wildman–Crippen LogP) is 0.768. The molecule has 2 N–H and O–H groups in total. The molecule has 0 spiro atoms. The van der Waals surface area contributed by atoms with Crippen LogP contribution in [0.3, 0.4) is 0 Å². The lowest BCUT2D eigenvalue weighted by molar-refractivity contribution is -0.148. The standard InChI is InChI=1S/C11H19F4N3O/c1-8(16)6-9(19)18-4-2-17(3-5-18)7-11(14,15)10(12)13/h8,10H,2-7,16H2,1H3. The van der Waals surface area contributed by atoms with E-state index in [4.69, 9.17) is 5.73 Å². The number of piperazine rings is 1. The third-order valence-electron chi connectivity index (χ3n) is 2.98. The van der Waals surface area contributed by atoms with Crippen molar-refractivity contribution >= 4 is 5.91 Å². The van der Waals surface area contributed by atoms with E-state index >= 15 is 0 Å². The second-order valence-corrected chi connectivity index (χ2v) is 4.90. The Labute approximate surface area is 109 Å². The lowest BCUT2D eigenvalue weighted by Gasteiger charge is -2.36. The fraction of sp³-hybridized carbons (Fsp3) is 0.909. The largest absolute Gasteiger partial charge is 0.340 e. The summed E-state index contributed by atoms with van der Waals surface area (Å²) in [5.74, 6) is -4.13. The Balaban J connectivity index is 2.39. The Morgan fingerprint density at radius 2 is 1.79 bits per heavy atom. The number of rotatable bonds is 5. The van der Waals surface area contributed by atoms with Gasteiger partial charge in [0, 0.05) is 38.6 Å². The average Bonchev–Trinajstić information content (AvgIpc) is 2.28. The molecule has 0 saturated carbocycles. The van der Waals surface area contributed by atoms with Crippen LogP contribution < -0.4 is 5.73 Å². The van der Waals surface area contributed by atoms with Gasteiger partial charge in [0.15, 0.2) is 0 Å². The summed E-state index contributed by atoms with van der Waals surface area (Å²) < 4.78 is 49.9. The van der Waals surface area contributed by atoms with E-state index < -0.39 is 18.9 Å². The van der Waals surface area contributed by atoms with E-state index in [1.165, 1.54) is 9.80 Å². The molecule has 0 aromatic carbocycles. The minimum atomic E-state index is -4.00. The lowest BCUT2D eigenvalue weighted by atomic mass is 10.2. The minimum absolute atomic E-state index is 0.129. The maximum atomic E-state index is 12.9. The zero-order valence-electron chi connectivity index (χ0n) is 10.8. The number of alkyl halides is 4. The van der Waals surface area contributed by atoms with Crippen molar-refractivity contribution in [3.63, 3.8) is 0 Å². The van der Waals surface area contributed by atoms with Crippen LogP contribution in [0.25, 0.3) is 0 Å². The SMILES string of the molecule is CC(N)CC(=O)N1CCN(CC(F)(F)C(F)F)CC1. The van der Waals surface area contributed by atoms with Crippen LogP contribution in [0.15, 0.2) is 0 Å². The lowest BCUT2D eigenvalue weighted by Crippen LogP contribution is -2.53. The van der Waals surface area contributed by atoms with E-state index in [1.807, 2.05) is 0 Å². The summed E-state index contributed by atoms with van der Waals surface area (Å²) in [4.78, 5) is 14.4. The van der Waals surface area contributed by atoms with Crippen molar-refractivity contribution in [3.05, 3.63) is 0 Å². The van der Waals surface area contributed by atoms with Crippen molar-refractivity contribution < 1.29 is 22.4 Å². The number of carbonyl (C=O) groups excluding carboxylic acids is 1. The smallest absolute Gasteiger partial charge is 0.319 e. The van der Waals surface area contributed by atoms with Crippen LogP contribution in [0.5, 0.6) is 0 Å². The van der Waals surface area contributed by atoms with Gasteiger partial charge in [0.1, 0.15) is 0 Å². The Morgan fingerprint density at radius 1 is 1.26 bits per heavy atom. The molecular weight excluding hydrogens is 266 g/mol. The molecule has 1 amide bonds. The number of hydrogen-bond acceptors (Lipinski definition) is 3. The molecule has 1 rings (SSSR count). The molecule has 1 fully saturated rings. The number of halogens is 4. The molecule has 1 unspecified atom stereocenters. The fourth-order valence-electron chi connectivity index (χ4n) is 1.93. The molecule has 1 aliphatic rings. The van der Waals surface area contributed by atoms with Crippen LogP contribution in [0.1, 0.15) is 13.3 Å². The molecule has 1 atom stereocenters. The third kappa shape index (κ3) is 4.94. The van der Waals surface area contributed by atoms with E-state index in [9.17, 15) is 22.4 Å². The number of nitrogens with two attached hydrogens (primary N) is 1. The highest BCUT2D eigenvalue weighted by Gasteiger charge is 2.42. The highest BCUT2D eigenvalue weighted by atomic mass is 19.3. The Kier molecular flexibility index (Phi) is 5.54. The van der Waals surface area contributed by atoms with E-state index in [0.29, 0.717) is 0 Å². The van der Waals surface area contributed by atoms with Crippen LogP contribution in [0, 0.1) is 0 Å². The van der Waals surface area contributed by atoms with Gasteiger partial charge in [0.05, 0.1) is 6.54 Å². The van der Waals surface area contributed by atoms with Crippen molar-refractivity contribution in [2.75, 3.05) is 32.7 Å². The Morgan fingerprint density at radius 3 is 2.21 bits per heavy atom. The van der Waals surface area contributed by atoms with Gasteiger partial charge in [-0.2, -0.15) is 8.78 Å². The molecule has 0 aliphatic carbocycles. The van der Waals surface area contributed by atoms with Crippen LogP contribution in [0.4, 0.5) is 17.6 Å². The zero-order valence-corrected chi connectivity index (χ0v) is 10.8. The van der Waals surface area contributed by atoms with E-state index in [2.05, 4.69) is 0 Å². The number of hydrogen-bond donors (Lipinski definition) is 1. The van der Waals surface area contributed by atoms with Gasteiger partial charge in [-0.1, -0.05) is 0 Å². The topological polar surface area (TPSA) is 49.6 Å². The van der Waals surface area contributed by atoms with Crippen molar-refractivity contribution in [1.82, 2.24) is 9.80 Å². The summed E-state index contributed by atoms with van der Waals surface area (Å²) in [7, 11) is 0. The maximum Gasteiger partial charge on any atom is 0.319 e. The molecule has 0 aromatic heterocycles. The molecule has 1 saturated heterocycles. The molecule has 112 valence electrons. The van der Waals surface area contributed by atoms with Gasteiger partial charge >= 0.3 is 12.3 Å². The van der Waals surface area contributed by atoms with Gasteiger partial charge in [-0.15, -0.1) is 0 Å². The molecular formula is C11H19F4N3O. The van der Waals surface area contributed by atoms with Crippen molar-refractivity contribution in [2.45, 2.75) is 31.7 Å². The van der Waals surface area contributed by atoms with Gasteiger partial charge in [0.25, 0.3) is 0 Å². The first-order valence-corrected chi connectivity index (χ1v) is 6.14. The summed E-state index contributed by atoms with van der Waals surface area (Å²) in [5.41, 5.74) is 5.50. The summed E-state index contributed by atoms with van der Waals surface area (Å²) in [5, 5.41) is 0. The third-order valence-corrected chi connectivity index (χ3v) is 2.98. The molecule has 0 radical (unpaired) electrons. The van der Waals surface area contributed by atoms with Crippen molar-refractivity contribution in [1.29, 1.82) is 0 Å². The Hall–Kier alpha value is -0.890. The molecule has 0 bridgehead atoms. The summed E-state index contributed by atoms with van der Waals surface area (Å²) in [6.07, 6.45) is -3.46. The second-order valence-electron chi connectivity index (χ2n) is 4.90. The highest BCUT2D eigenvalue weighted by Crippen LogP contribution is 2.24.